The van der Waals surface area contributed by atoms with Gasteiger partial charge in [0, 0.05) is 5.69 Å². The van der Waals surface area contributed by atoms with Gasteiger partial charge in [0.2, 0.25) is 0 Å². The molecule has 0 unspecified atom stereocenters. The largest absolute Gasteiger partial charge is 0.504 e. The van der Waals surface area contributed by atoms with Crippen molar-refractivity contribution < 1.29 is 5.11 Å². The Morgan fingerprint density at radius 3 is 2.35 bits per heavy atom. The van der Waals surface area contributed by atoms with Crippen LogP contribution in [0.3, 0.4) is 0 Å². The Balaban J connectivity index is 2.34. The molecule has 0 saturated carbocycles. The Bertz CT molecular complexity index is 532. The minimum Gasteiger partial charge on any atom is -0.504 e. The number of phenolic OH excluding ortho intramolecular Hbond substituents is 1. The van der Waals surface area contributed by atoms with Gasteiger partial charge in [-0.3, -0.25) is 0 Å². The first kappa shape index (κ1) is 11.8. The highest BCUT2D eigenvalue weighted by molar-refractivity contribution is 6.32. The van der Waals surface area contributed by atoms with E-state index in [0.717, 1.165) is 5.69 Å². The fourth-order valence-electron chi connectivity index (χ4n) is 1.82. The van der Waals surface area contributed by atoms with Crippen molar-refractivity contribution >= 4 is 23.0 Å². The SMILES string of the molecule is Cc1cc(C)cc(Nc2cccc(Cl)c2O)c1. The molecule has 3 heteroatoms. The predicted molar refractivity (Wildman–Crippen MR) is 72.3 cm³/mol. The number of hydrogen-bond acceptors (Lipinski definition) is 2. The van der Waals surface area contributed by atoms with Crippen molar-refractivity contribution in [1.29, 1.82) is 0 Å². The standard InChI is InChI=1S/C14H14ClNO/c1-9-6-10(2)8-11(7-9)16-13-5-3-4-12(15)14(13)17/h3-8,16-17H,1-2H3. The molecule has 0 atom stereocenters. The Morgan fingerprint density at radius 1 is 1.06 bits per heavy atom. The molecule has 0 aliphatic carbocycles. The highest BCUT2D eigenvalue weighted by Crippen LogP contribution is 2.33. The van der Waals surface area contributed by atoms with Crippen molar-refractivity contribution in [3.8, 4) is 5.75 Å². The van der Waals surface area contributed by atoms with E-state index in [2.05, 4.69) is 11.4 Å². The zero-order chi connectivity index (χ0) is 12.4. The van der Waals surface area contributed by atoms with Crippen molar-refractivity contribution in [3.63, 3.8) is 0 Å². The lowest BCUT2D eigenvalue weighted by Crippen LogP contribution is -1.92. The molecular formula is C14H14ClNO. The number of rotatable bonds is 2. The van der Waals surface area contributed by atoms with Gasteiger partial charge in [-0.1, -0.05) is 23.7 Å². The van der Waals surface area contributed by atoms with E-state index >= 15 is 0 Å². The lowest BCUT2D eigenvalue weighted by Gasteiger charge is -2.10. The Hall–Kier alpha value is -1.67. The smallest absolute Gasteiger partial charge is 0.157 e. The maximum Gasteiger partial charge on any atom is 0.157 e. The van der Waals surface area contributed by atoms with Crippen LogP contribution >= 0.6 is 11.6 Å². The summed E-state index contributed by atoms with van der Waals surface area (Å²) >= 11 is 5.85. The fraction of sp³-hybridized carbons (Fsp3) is 0.143. The van der Waals surface area contributed by atoms with Crippen molar-refractivity contribution in [2.75, 3.05) is 5.32 Å². The molecule has 0 heterocycles. The van der Waals surface area contributed by atoms with Gasteiger partial charge < -0.3 is 10.4 Å². The second-order valence-corrected chi connectivity index (χ2v) is 4.54. The van der Waals surface area contributed by atoms with E-state index in [-0.39, 0.29) is 5.75 Å². The molecule has 0 fully saturated rings. The van der Waals surface area contributed by atoms with Gasteiger partial charge in [0.1, 0.15) is 0 Å². The van der Waals surface area contributed by atoms with Crippen LogP contribution in [-0.4, -0.2) is 5.11 Å². The summed E-state index contributed by atoms with van der Waals surface area (Å²) in [4.78, 5) is 0. The van der Waals surface area contributed by atoms with E-state index in [9.17, 15) is 5.11 Å². The van der Waals surface area contributed by atoms with Gasteiger partial charge in [-0.15, -0.1) is 0 Å². The van der Waals surface area contributed by atoms with Gasteiger partial charge in [0.25, 0.3) is 0 Å². The molecule has 0 spiro atoms. The van der Waals surface area contributed by atoms with E-state index in [1.807, 2.05) is 26.0 Å². The summed E-state index contributed by atoms with van der Waals surface area (Å²) in [5, 5.41) is 13.3. The second-order valence-electron chi connectivity index (χ2n) is 4.14. The average molecular weight is 248 g/mol. The van der Waals surface area contributed by atoms with Crippen molar-refractivity contribution in [3.05, 3.63) is 52.5 Å². The molecule has 0 amide bonds. The third-order valence-corrected chi connectivity index (χ3v) is 2.79. The number of phenols is 1. The number of hydrogen-bond donors (Lipinski definition) is 2. The molecule has 2 aromatic rings. The van der Waals surface area contributed by atoms with E-state index in [4.69, 9.17) is 11.6 Å². The van der Waals surface area contributed by atoms with Crippen LogP contribution in [-0.2, 0) is 0 Å². The molecule has 0 aliphatic heterocycles. The molecule has 2 aromatic carbocycles. The maximum absolute atomic E-state index is 9.80. The molecule has 0 aromatic heterocycles. The third kappa shape index (κ3) is 2.71. The Labute approximate surface area is 106 Å². The molecule has 17 heavy (non-hydrogen) atoms. The number of para-hydroxylation sites is 1. The minimum absolute atomic E-state index is 0.0772. The van der Waals surface area contributed by atoms with Crippen LogP contribution in [0.15, 0.2) is 36.4 Å². The Kier molecular flexibility index (Phi) is 3.25. The topological polar surface area (TPSA) is 32.3 Å². The summed E-state index contributed by atoms with van der Waals surface area (Å²) in [5.41, 5.74) is 3.91. The van der Waals surface area contributed by atoms with Crippen molar-refractivity contribution in [1.82, 2.24) is 0 Å². The van der Waals surface area contributed by atoms with Gasteiger partial charge in [-0.2, -0.15) is 0 Å². The van der Waals surface area contributed by atoms with Gasteiger partial charge in [0.05, 0.1) is 10.7 Å². The van der Waals surface area contributed by atoms with Gasteiger partial charge in [0.15, 0.2) is 5.75 Å². The molecule has 2 rings (SSSR count). The number of anilines is 2. The van der Waals surface area contributed by atoms with Gasteiger partial charge >= 0.3 is 0 Å². The van der Waals surface area contributed by atoms with Crippen LogP contribution in [0.2, 0.25) is 5.02 Å². The molecule has 0 saturated heterocycles. The highest BCUT2D eigenvalue weighted by Gasteiger charge is 2.05. The van der Waals surface area contributed by atoms with Crippen molar-refractivity contribution in [2.45, 2.75) is 13.8 Å². The molecular weight excluding hydrogens is 234 g/mol. The molecule has 2 nitrogen and oxygen atoms in total. The molecule has 88 valence electrons. The van der Waals surface area contributed by atoms with E-state index in [1.165, 1.54) is 11.1 Å². The highest BCUT2D eigenvalue weighted by atomic mass is 35.5. The van der Waals surface area contributed by atoms with Crippen LogP contribution < -0.4 is 5.32 Å². The number of benzene rings is 2. The van der Waals surface area contributed by atoms with Crippen LogP contribution in [0.25, 0.3) is 0 Å². The number of halogens is 1. The van der Waals surface area contributed by atoms with Crippen LogP contribution in [0.5, 0.6) is 5.75 Å². The summed E-state index contributed by atoms with van der Waals surface area (Å²) in [7, 11) is 0. The first-order chi connectivity index (χ1) is 8.06. The summed E-state index contributed by atoms with van der Waals surface area (Å²) in [6.45, 7) is 4.08. The first-order valence-electron chi connectivity index (χ1n) is 5.39. The van der Waals surface area contributed by atoms with Crippen LogP contribution in [0.4, 0.5) is 11.4 Å². The zero-order valence-corrected chi connectivity index (χ0v) is 10.5. The maximum atomic E-state index is 9.80. The quantitative estimate of drug-likeness (QED) is 0.771. The van der Waals surface area contributed by atoms with Crippen LogP contribution in [0, 0.1) is 13.8 Å². The Morgan fingerprint density at radius 2 is 1.71 bits per heavy atom. The fourth-order valence-corrected chi connectivity index (χ4v) is 1.99. The summed E-state index contributed by atoms with van der Waals surface area (Å²) in [6.07, 6.45) is 0. The number of aryl methyl sites for hydroxylation is 2. The average Bonchev–Trinajstić information content (AvgIpc) is 2.23. The lowest BCUT2D eigenvalue weighted by molar-refractivity contribution is 0.478. The van der Waals surface area contributed by atoms with E-state index < -0.39 is 0 Å². The van der Waals surface area contributed by atoms with E-state index in [0.29, 0.717) is 10.7 Å². The van der Waals surface area contributed by atoms with Gasteiger partial charge in [-0.05, 0) is 49.2 Å². The summed E-state index contributed by atoms with van der Waals surface area (Å²) in [6, 6.07) is 11.4. The summed E-state index contributed by atoms with van der Waals surface area (Å²) < 4.78 is 0. The first-order valence-corrected chi connectivity index (χ1v) is 5.77. The molecule has 2 N–H and O–H groups in total. The van der Waals surface area contributed by atoms with Crippen molar-refractivity contribution in [2.24, 2.45) is 0 Å². The number of nitrogens with one attached hydrogen (secondary N) is 1. The lowest BCUT2D eigenvalue weighted by atomic mass is 10.1. The zero-order valence-electron chi connectivity index (χ0n) is 9.79. The monoisotopic (exact) mass is 247 g/mol. The molecule has 0 aliphatic rings. The predicted octanol–water partition coefficient (Wildman–Crippen LogP) is 4.41. The summed E-state index contributed by atoms with van der Waals surface area (Å²) in [5.74, 6) is 0.0772. The normalized spacial score (nSPS) is 10.3. The second kappa shape index (κ2) is 4.68. The van der Waals surface area contributed by atoms with Crippen LogP contribution in [0.1, 0.15) is 11.1 Å². The van der Waals surface area contributed by atoms with Gasteiger partial charge in [-0.25, -0.2) is 0 Å². The minimum atomic E-state index is 0.0772. The van der Waals surface area contributed by atoms with E-state index in [1.54, 1.807) is 18.2 Å². The molecule has 0 bridgehead atoms. The number of aromatic hydroxyl groups is 1. The molecule has 0 radical (unpaired) electrons. The third-order valence-electron chi connectivity index (χ3n) is 2.49.